The third-order valence-electron chi connectivity index (χ3n) is 2.70. The molecule has 1 aliphatic rings. The molecular weight excluding hydrogens is 206 g/mol. The van der Waals surface area contributed by atoms with E-state index in [4.69, 9.17) is 10.5 Å². The number of carbonyl (C=O) groups excluding carboxylic acids is 1. The van der Waals surface area contributed by atoms with Crippen LogP contribution in [0.3, 0.4) is 0 Å². The monoisotopic (exact) mass is 221 g/mol. The Morgan fingerprint density at radius 3 is 3.12 bits per heavy atom. The van der Waals surface area contributed by atoms with E-state index in [2.05, 4.69) is 4.98 Å². The number of nitrogens with zero attached hydrogens (tertiary/aromatic N) is 2. The normalized spacial score (nSPS) is 19.9. The Bertz CT molecular complexity index is 395. The maximum absolute atomic E-state index is 12.0. The van der Waals surface area contributed by atoms with Crippen LogP contribution in [0.2, 0.25) is 0 Å². The molecule has 2 N–H and O–H groups in total. The Morgan fingerprint density at radius 1 is 1.69 bits per heavy atom. The van der Waals surface area contributed by atoms with Crippen molar-refractivity contribution < 1.29 is 9.53 Å². The second-order valence-electron chi connectivity index (χ2n) is 3.89. The zero-order chi connectivity index (χ0) is 11.5. The van der Waals surface area contributed by atoms with Gasteiger partial charge in [-0.15, -0.1) is 0 Å². The second kappa shape index (κ2) is 4.49. The van der Waals surface area contributed by atoms with Gasteiger partial charge >= 0.3 is 0 Å². The van der Waals surface area contributed by atoms with Gasteiger partial charge in [-0.05, 0) is 12.5 Å². The Hall–Kier alpha value is -1.62. The van der Waals surface area contributed by atoms with Crippen molar-refractivity contribution in [1.29, 1.82) is 0 Å². The van der Waals surface area contributed by atoms with E-state index < -0.39 is 0 Å². The summed E-state index contributed by atoms with van der Waals surface area (Å²) in [5.74, 6) is 0.447. The molecule has 1 amide bonds. The van der Waals surface area contributed by atoms with Crippen molar-refractivity contribution in [3.63, 3.8) is 0 Å². The van der Waals surface area contributed by atoms with Crippen LogP contribution in [0.25, 0.3) is 0 Å². The lowest BCUT2D eigenvalue weighted by atomic mass is 10.2. The molecule has 1 aliphatic heterocycles. The van der Waals surface area contributed by atoms with Crippen LogP contribution in [0, 0.1) is 0 Å². The topological polar surface area (TPSA) is 68.5 Å². The number of hydrogen-bond donors (Lipinski definition) is 1. The van der Waals surface area contributed by atoms with E-state index in [1.54, 1.807) is 23.2 Å². The molecule has 0 saturated carbocycles. The number of likely N-dealkylation sites (tertiary alicyclic amines) is 1. The van der Waals surface area contributed by atoms with Gasteiger partial charge in [-0.3, -0.25) is 4.79 Å². The Kier molecular flexibility index (Phi) is 3.05. The van der Waals surface area contributed by atoms with Gasteiger partial charge in [0.05, 0.1) is 7.11 Å². The molecule has 1 fully saturated rings. The van der Waals surface area contributed by atoms with Gasteiger partial charge in [-0.25, -0.2) is 4.98 Å². The molecular formula is C11H15N3O2. The molecule has 0 bridgehead atoms. The smallest absolute Gasteiger partial charge is 0.254 e. The van der Waals surface area contributed by atoms with E-state index in [1.807, 2.05) is 0 Å². The van der Waals surface area contributed by atoms with Crippen LogP contribution in [0.4, 0.5) is 0 Å². The second-order valence-corrected chi connectivity index (χ2v) is 3.89. The number of pyridine rings is 1. The highest BCUT2D eigenvalue weighted by Gasteiger charge is 2.24. The van der Waals surface area contributed by atoms with Crippen LogP contribution in [0.5, 0.6) is 5.88 Å². The summed E-state index contributed by atoms with van der Waals surface area (Å²) in [7, 11) is 1.53. The fourth-order valence-electron chi connectivity index (χ4n) is 1.81. The third kappa shape index (κ3) is 2.14. The van der Waals surface area contributed by atoms with Crippen molar-refractivity contribution in [3.05, 3.63) is 23.9 Å². The summed E-state index contributed by atoms with van der Waals surface area (Å²) in [5, 5.41) is 0. The molecule has 16 heavy (non-hydrogen) atoms. The largest absolute Gasteiger partial charge is 0.481 e. The van der Waals surface area contributed by atoms with E-state index >= 15 is 0 Å². The molecule has 0 aliphatic carbocycles. The fourth-order valence-corrected chi connectivity index (χ4v) is 1.81. The van der Waals surface area contributed by atoms with Gasteiger partial charge in [-0.2, -0.15) is 0 Å². The quantitative estimate of drug-likeness (QED) is 0.778. The Morgan fingerprint density at radius 2 is 2.50 bits per heavy atom. The zero-order valence-corrected chi connectivity index (χ0v) is 9.22. The van der Waals surface area contributed by atoms with Crippen LogP contribution in [0.1, 0.15) is 16.8 Å². The minimum Gasteiger partial charge on any atom is -0.481 e. The molecule has 1 aromatic rings. The van der Waals surface area contributed by atoms with E-state index in [0.29, 0.717) is 18.0 Å². The molecule has 1 saturated heterocycles. The average Bonchev–Trinajstić information content (AvgIpc) is 2.75. The van der Waals surface area contributed by atoms with E-state index in [-0.39, 0.29) is 11.9 Å². The lowest BCUT2D eigenvalue weighted by Crippen LogP contribution is -2.31. The minimum atomic E-state index is -0.00588. The number of aromatic nitrogens is 1. The Balaban J connectivity index is 2.14. The molecule has 1 aromatic heterocycles. The summed E-state index contributed by atoms with van der Waals surface area (Å²) in [6.07, 6.45) is 2.44. The highest BCUT2D eigenvalue weighted by atomic mass is 16.5. The number of amides is 1. The minimum absolute atomic E-state index is 0.00588. The molecule has 5 nitrogen and oxygen atoms in total. The number of methoxy groups -OCH3 is 1. The molecule has 86 valence electrons. The van der Waals surface area contributed by atoms with E-state index in [0.717, 1.165) is 13.0 Å². The van der Waals surface area contributed by atoms with Crippen molar-refractivity contribution >= 4 is 5.91 Å². The third-order valence-corrected chi connectivity index (χ3v) is 2.70. The maximum Gasteiger partial charge on any atom is 0.254 e. The molecule has 5 heteroatoms. The molecule has 2 rings (SSSR count). The van der Waals surface area contributed by atoms with E-state index in [9.17, 15) is 4.79 Å². The first-order valence-electron chi connectivity index (χ1n) is 5.25. The molecule has 0 spiro atoms. The van der Waals surface area contributed by atoms with Gasteiger partial charge in [0.25, 0.3) is 5.91 Å². The van der Waals surface area contributed by atoms with Crippen molar-refractivity contribution in [2.45, 2.75) is 12.5 Å². The Labute approximate surface area is 94.2 Å². The van der Waals surface area contributed by atoms with Gasteiger partial charge in [0.1, 0.15) is 0 Å². The van der Waals surface area contributed by atoms with Crippen molar-refractivity contribution in [1.82, 2.24) is 9.88 Å². The van der Waals surface area contributed by atoms with Crippen LogP contribution < -0.4 is 10.5 Å². The first kappa shape index (κ1) is 10.9. The van der Waals surface area contributed by atoms with Crippen molar-refractivity contribution in [2.24, 2.45) is 5.73 Å². The first-order valence-corrected chi connectivity index (χ1v) is 5.25. The fraction of sp³-hybridized carbons (Fsp3) is 0.455. The van der Waals surface area contributed by atoms with Crippen LogP contribution in [-0.2, 0) is 0 Å². The maximum atomic E-state index is 12.0. The number of nitrogens with two attached hydrogens (primary N) is 1. The predicted octanol–water partition coefficient (Wildman–Crippen LogP) is 0.263. The first-order chi connectivity index (χ1) is 7.70. The molecule has 0 unspecified atom stereocenters. The average molecular weight is 221 g/mol. The highest BCUT2D eigenvalue weighted by Crippen LogP contribution is 2.15. The highest BCUT2D eigenvalue weighted by molar-refractivity contribution is 5.94. The summed E-state index contributed by atoms with van der Waals surface area (Å²) < 4.78 is 4.98. The summed E-state index contributed by atoms with van der Waals surface area (Å²) in [6.45, 7) is 1.36. The van der Waals surface area contributed by atoms with E-state index in [1.165, 1.54) is 7.11 Å². The molecule has 0 aromatic carbocycles. The predicted molar refractivity (Wildman–Crippen MR) is 59.3 cm³/mol. The van der Waals surface area contributed by atoms with Gasteiger partial charge in [0.2, 0.25) is 5.88 Å². The van der Waals surface area contributed by atoms with Gasteiger partial charge in [-0.1, -0.05) is 0 Å². The summed E-state index contributed by atoms with van der Waals surface area (Å²) in [5.41, 5.74) is 6.36. The lowest BCUT2D eigenvalue weighted by molar-refractivity contribution is 0.0790. The van der Waals surface area contributed by atoms with Crippen molar-refractivity contribution in [3.8, 4) is 5.88 Å². The van der Waals surface area contributed by atoms with Gasteiger partial charge in [0.15, 0.2) is 0 Å². The van der Waals surface area contributed by atoms with Crippen LogP contribution in [-0.4, -0.2) is 42.0 Å². The molecule has 0 radical (unpaired) electrons. The number of carbonyl (C=O) groups is 1. The lowest BCUT2D eigenvalue weighted by Gasteiger charge is -2.15. The number of hydrogen-bond acceptors (Lipinski definition) is 4. The van der Waals surface area contributed by atoms with Gasteiger partial charge < -0.3 is 15.4 Å². The van der Waals surface area contributed by atoms with Crippen LogP contribution in [0.15, 0.2) is 18.3 Å². The number of rotatable bonds is 2. The zero-order valence-electron chi connectivity index (χ0n) is 9.22. The van der Waals surface area contributed by atoms with Crippen molar-refractivity contribution in [2.75, 3.05) is 20.2 Å². The number of ether oxygens (including phenoxy) is 1. The molecule has 1 atom stereocenters. The summed E-state index contributed by atoms with van der Waals surface area (Å²) in [6, 6.07) is 3.44. The summed E-state index contributed by atoms with van der Waals surface area (Å²) >= 11 is 0. The SMILES string of the molecule is COc1cc(C(=O)N2CC[C@@H](N)C2)ccn1. The van der Waals surface area contributed by atoms with Gasteiger partial charge in [0, 0.05) is 37.0 Å². The van der Waals surface area contributed by atoms with Crippen LogP contribution >= 0.6 is 0 Å². The standard InChI is InChI=1S/C11H15N3O2/c1-16-10-6-8(2-4-13-10)11(15)14-5-3-9(12)7-14/h2,4,6,9H,3,5,7,12H2,1H3/t9-/m1/s1. The summed E-state index contributed by atoms with van der Waals surface area (Å²) in [4.78, 5) is 17.8. The molecule has 2 heterocycles.